The van der Waals surface area contributed by atoms with Gasteiger partial charge < -0.3 is 14.2 Å². The van der Waals surface area contributed by atoms with Gasteiger partial charge in [0.1, 0.15) is 24.7 Å². The third-order valence-corrected chi connectivity index (χ3v) is 6.00. The molecular weight excluding hydrogens is 484 g/mol. The Kier molecular flexibility index (Phi) is 6.68. The largest absolute Gasteiger partial charge is 0.425 e. The van der Waals surface area contributed by atoms with Gasteiger partial charge in [0.05, 0.1) is 4.47 Å². The van der Waals surface area contributed by atoms with E-state index in [9.17, 15) is 9.59 Å². The summed E-state index contributed by atoms with van der Waals surface area (Å²) in [7, 11) is 0. The summed E-state index contributed by atoms with van der Waals surface area (Å²) < 4.78 is 17.1. The maximum Gasteiger partial charge on any atom is 0.337 e. The third-order valence-electron chi connectivity index (χ3n) is 5.41. The van der Waals surface area contributed by atoms with E-state index in [2.05, 4.69) is 36.7 Å². The fraction of sp³-hybridized carbons (Fsp3) is 0.259. The van der Waals surface area contributed by atoms with Gasteiger partial charge in [-0.2, -0.15) is 0 Å². The van der Waals surface area contributed by atoms with Crippen LogP contribution in [0.25, 0.3) is 11.1 Å². The molecule has 0 spiro atoms. The van der Waals surface area contributed by atoms with Crippen molar-refractivity contribution in [1.82, 2.24) is 0 Å². The minimum Gasteiger partial charge on any atom is -0.425 e. The van der Waals surface area contributed by atoms with Crippen molar-refractivity contribution in [2.45, 2.75) is 32.6 Å². The van der Waals surface area contributed by atoms with E-state index in [0.29, 0.717) is 22.4 Å². The molecule has 0 aliphatic carbocycles. The average molecular weight is 509 g/mol. The van der Waals surface area contributed by atoms with Gasteiger partial charge in [0.2, 0.25) is 0 Å². The van der Waals surface area contributed by atoms with Crippen LogP contribution in [-0.2, 0) is 26.2 Å². The molecule has 0 fully saturated rings. The van der Waals surface area contributed by atoms with Crippen molar-refractivity contribution < 1.29 is 23.8 Å². The molecule has 1 aliphatic heterocycles. The number of benzene rings is 3. The summed E-state index contributed by atoms with van der Waals surface area (Å²) in [4.78, 5) is 24.7. The van der Waals surface area contributed by atoms with Crippen molar-refractivity contribution in [1.29, 1.82) is 0 Å². The molecule has 0 atom stereocenters. The van der Waals surface area contributed by atoms with E-state index in [1.165, 1.54) is 0 Å². The minimum absolute atomic E-state index is 0.0897. The van der Waals surface area contributed by atoms with Gasteiger partial charge in [-0.15, -0.1) is 0 Å². The molecule has 3 aromatic rings. The van der Waals surface area contributed by atoms with Crippen LogP contribution in [0.4, 0.5) is 0 Å². The number of fused-ring (bicyclic) bond motifs is 2. The topological polar surface area (TPSA) is 61.8 Å². The number of ether oxygens (including phenoxy) is 3. The first-order valence-corrected chi connectivity index (χ1v) is 11.5. The maximum atomic E-state index is 12.4. The predicted molar refractivity (Wildman–Crippen MR) is 130 cm³/mol. The minimum atomic E-state index is -0.582. The summed E-state index contributed by atoms with van der Waals surface area (Å²) in [5.74, 6) is -0.244. The first-order valence-electron chi connectivity index (χ1n) is 10.7. The molecule has 5 nitrogen and oxygen atoms in total. The van der Waals surface area contributed by atoms with Gasteiger partial charge in [-0.05, 0) is 61.8 Å². The smallest absolute Gasteiger partial charge is 0.337 e. The Morgan fingerprint density at radius 2 is 1.48 bits per heavy atom. The van der Waals surface area contributed by atoms with Crippen molar-refractivity contribution >= 4 is 27.9 Å². The van der Waals surface area contributed by atoms with E-state index in [4.69, 9.17) is 14.2 Å². The second-order valence-corrected chi connectivity index (χ2v) is 9.86. The lowest BCUT2D eigenvalue weighted by Crippen LogP contribution is -2.23. The monoisotopic (exact) mass is 508 g/mol. The molecular formula is C27H25BrO5. The zero-order chi connectivity index (χ0) is 23.6. The van der Waals surface area contributed by atoms with Crippen LogP contribution in [0.3, 0.4) is 0 Å². The molecule has 0 saturated heterocycles. The van der Waals surface area contributed by atoms with Gasteiger partial charge in [-0.1, -0.05) is 63.2 Å². The van der Waals surface area contributed by atoms with Gasteiger partial charge in [0.15, 0.2) is 0 Å². The molecule has 1 aliphatic rings. The summed E-state index contributed by atoms with van der Waals surface area (Å²) >= 11 is 3.59. The lowest BCUT2D eigenvalue weighted by molar-refractivity contribution is -0.145. The summed E-state index contributed by atoms with van der Waals surface area (Å²) in [5, 5.41) is 0. The quantitative estimate of drug-likeness (QED) is 0.305. The zero-order valence-corrected chi connectivity index (χ0v) is 20.4. The molecule has 33 heavy (non-hydrogen) atoms. The highest BCUT2D eigenvalue weighted by atomic mass is 79.9. The number of rotatable bonds is 1. The van der Waals surface area contributed by atoms with Crippen LogP contribution in [-0.4, -0.2) is 25.2 Å². The van der Waals surface area contributed by atoms with Gasteiger partial charge in [-0.25, -0.2) is 9.59 Å². The van der Waals surface area contributed by atoms with Crippen LogP contribution in [0, 0.1) is 0 Å². The highest BCUT2D eigenvalue weighted by Crippen LogP contribution is 2.38. The van der Waals surface area contributed by atoms with E-state index in [0.717, 1.165) is 27.8 Å². The van der Waals surface area contributed by atoms with Gasteiger partial charge in [-0.3, -0.25) is 0 Å². The van der Waals surface area contributed by atoms with E-state index in [1.807, 2.05) is 60.7 Å². The fourth-order valence-electron chi connectivity index (χ4n) is 3.70. The van der Waals surface area contributed by atoms with Crippen LogP contribution < -0.4 is 9.47 Å². The van der Waals surface area contributed by atoms with Crippen molar-refractivity contribution in [2.75, 3.05) is 13.2 Å². The number of carbonyl (C=O) groups excluding carboxylic acids is 2. The summed E-state index contributed by atoms with van der Waals surface area (Å²) in [6, 6.07) is 19.7. The molecule has 0 bridgehead atoms. The molecule has 0 N–H and O–H groups in total. The van der Waals surface area contributed by atoms with Crippen molar-refractivity contribution in [3.63, 3.8) is 0 Å². The Labute approximate surface area is 201 Å². The van der Waals surface area contributed by atoms with Crippen LogP contribution in [0.15, 0.2) is 65.1 Å². The van der Waals surface area contributed by atoms with Crippen LogP contribution in [0.1, 0.15) is 37.5 Å². The average Bonchev–Trinajstić information content (AvgIpc) is 2.76. The predicted octanol–water partition coefficient (Wildman–Crippen LogP) is 5.85. The van der Waals surface area contributed by atoms with Crippen LogP contribution in [0.5, 0.6) is 11.5 Å². The summed E-state index contributed by atoms with van der Waals surface area (Å²) in [6.45, 7) is 5.70. The molecule has 0 radical (unpaired) electrons. The Balaban J connectivity index is 1.88. The number of esters is 2. The van der Waals surface area contributed by atoms with E-state index in [-0.39, 0.29) is 18.6 Å². The zero-order valence-electron chi connectivity index (χ0n) is 18.8. The molecule has 0 unspecified atom stereocenters. The summed E-state index contributed by atoms with van der Waals surface area (Å²) in [5.41, 5.74) is 4.65. The number of carbonyl (C=O) groups is 2. The summed E-state index contributed by atoms with van der Waals surface area (Å²) in [6.07, 6.45) is 0.412. The van der Waals surface area contributed by atoms with Gasteiger partial charge in [0.25, 0.3) is 0 Å². The Bertz CT molecular complexity index is 1200. The lowest BCUT2D eigenvalue weighted by atomic mass is 9.85. The SMILES string of the molecule is CC(C)(C)c1ccc2c(c1)Cc1cc(-c3ccccc3)cc(Br)c1OC(=O)COCC(=O)O2. The van der Waals surface area contributed by atoms with E-state index >= 15 is 0 Å². The molecule has 170 valence electrons. The first-order chi connectivity index (χ1) is 15.7. The number of halogens is 1. The second-order valence-electron chi connectivity index (χ2n) is 9.00. The molecule has 1 heterocycles. The third kappa shape index (κ3) is 5.52. The molecule has 0 saturated carbocycles. The Morgan fingerprint density at radius 1 is 0.788 bits per heavy atom. The molecule has 4 rings (SSSR count). The van der Waals surface area contributed by atoms with Gasteiger partial charge >= 0.3 is 11.9 Å². The normalized spacial score (nSPS) is 14.8. The van der Waals surface area contributed by atoms with Gasteiger partial charge in [0, 0.05) is 12.0 Å². The van der Waals surface area contributed by atoms with Crippen molar-refractivity contribution in [2.24, 2.45) is 0 Å². The highest BCUT2D eigenvalue weighted by Gasteiger charge is 2.22. The molecule has 6 heteroatoms. The van der Waals surface area contributed by atoms with E-state index < -0.39 is 11.9 Å². The van der Waals surface area contributed by atoms with Crippen LogP contribution >= 0.6 is 15.9 Å². The first kappa shape index (κ1) is 23.2. The van der Waals surface area contributed by atoms with E-state index in [1.54, 1.807) is 0 Å². The lowest BCUT2D eigenvalue weighted by Gasteiger charge is -2.22. The van der Waals surface area contributed by atoms with Crippen LogP contribution in [0.2, 0.25) is 0 Å². The Morgan fingerprint density at radius 3 is 2.18 bits per heavy atom. The molecule has 0 amide bonds. The maximum absolute atomic E-state index is 12.4. The fourth-order valence-corrected chi connectivity index (χ4v) is 4.28. The van der Waals surface area contributed by atoms with Crippen molar-refractivity contribution in [3.8, 4) is 22.6 Å². The molecule has 0 aromatic heterocycles. The highest BCUT2D eigenvalue weighted by molar-refractivity contribution is 9.10. The molecule has 3 aromatic carbocycles. The second kappa shape index (κ2) is 9.49. The number of hydrogen-bond acceptors (Lipinski definition) is 5. The standard InChI is InChI=1S/C27H25BrO5/c1-27(2,3)21-9-10-23-19(13-21)12-20-11-18(17-7-5-4-6-8-17)14-22(28)26(20)33-25(30)16-31-15-24(29)32-23/h4-11,13-14H,12,15-16H2,1-3H3. The van der Waals surface area contributed by atoms with Crippen molar-refractivity contribution in [3.05, 3.63) is 81.8 Å². The number of hydrogen-bond donors (Lipinski definition) is 0. The Hall–Kier alpha value is -2.96.